The summed E-state index contributed by atoms with van der Waals surface area (Å²) in [4.78, 5) is 12.2. The minimum Gasteiger partial charge on any atom is -0.372 e. The largest absolute Gasteiger partial charge is 0.416 e. The van der Waals surface area contributed by atoms with Crippen molar-refractivity contribution in [2.45, 2.75) is 63.4 Å². The fourth-order valence-electron chi connectivity index (χ4n) is 4.50. The van der Waals surface area contributed by atoms with Crippen molar-refractivity contribution in [1.82, 2.24) is 10.6 Å². The molecule has 2 N–H and O–H groups in total. The summed E-state index contributed by atoms with van der Waals surface area (Å²) in [5, 5.41) is 6.74. The van der Waals surface area contributed by atoms with Crippen molar-refractivity contribution < 1.29 is 22.7 Å². The van der Waals surface area contributed by atoms with Crippen LogP contribution in [-0.4, -0.2) is 25.1 Å². The van der Waals surface area contributed by atoms with E-state index in [0.717, 1.165) is 37.3 Å². The number of nitrogens with one attached hydrogen (secondary N) is 2. The Kier molecular flexibility index (Phi) is 6.82. The molecule has 1 aliphatic carbocycles. The topological polar surface area (TPSA) is 50.4 Å². The zero-order valence-electron chi connectivity index (χ0n) is 19.0. The maximum atomic E-state index is 13.3. The third kappa shape index (κ3) is 5.76. The van der Waals surface area contributed by atoms with E-state index in [1.54, 1.807) is 19.9 Å². The first-order valence-electron chi connectivity index (χ1n) is 11.6. The van der Waals surface area contributed by atoms with Gasteiger partial charge in [0.15, 0.2) is 0 Å². The lowest BCUT2D eigenvalue weighted by atomic mass is 9.81. The molecule has 2 fully saturated rings. The number of aryl methyl sites for hydroxylation is 1. The number of hydrogen-bond acceptors (Lipinski definition) is 3. The molecule has 2 aromatic rings. The van der Waals surface area contributed by atoms with Gasteiger partial charge in [-0.25, -0.2) is 0 Å². The SMILES string of the molecule is Cc1cc([C@@H](C)OC[C@@]2(c3ccccc3)CC[C@H](NC(=O)C3CC3)CN2)cc(C(F)(F)F)c1. The lowest BCUT2D eigenvalue weighted by Crippen LogP contribution is -2.57. The quantitative estimate of drug-likeness (QED) is 0.592. The molecule has 0 aromatic heterocycles. The van der Waals surface area contributed by atoms with Crippen LogP contribution in [0.15, 0.2) is 48.5 Å². The van der Waals surface area contributed by atoms with E-state index in [4.69, 9.17) is 4.74 Å². The third-order valence-electron chi connectivity index (χ3n) is 6.70. The molecule has 7 heteroatoms. The van der Waals surface area contributed by atoms with Crippen LogP contribution in [0.4, 0.5) is 13.2 Å². The first-order valence-corrected chi connectivity index (χ1v) is 11.6. The average molecular weight is 461 g/mol. The number of benzene rings is 2. The van der Waals surface area contributed by atoms with Crippen LogP contribution in [0.2, 0.25) is 0 Å². The molecule has 1 aliphatic heterocycles. The van der Waals surface area contributed by atoms with Crippen molar-refractivity contribution >= 4 is 5.91 Å². The number of alkyl halides is 3. The van der Waals surface area contributed by atoms with E-state index >= 15 is 0 Å². The Morgan fingerprint density at radius 2 is 1.91 bits per heavy atom. The summed E-state index contributed by atoms with van der Waals surface area (Å²) >= 11 is 0. The summed E-state index contributed by atoms with van der Waals surface area (Å²) in [6.07, 6.45) is -1.39. The zero-order chi connectivity index (χ0) is 23.6. The lowest BCUT2D eigenvalue weighted by Gasteiger charge is -2.42. The Morgan fingerprint density at radius 3 is 2.52 bits per heavy atom. The van der Waals surface area contributed by atoms with Gasteiger partial charge in [0.25, 0.3) is 0 Å². The molecular formula is C26H31F3N2O2. The smallest absolute Gasteiger partial charge is 0.372 e. The molecule has 33 heavy (non-hydrogen) atoms. The molecule has 178 valence electrons. The number of hydrogen-bond donors (Lipinski definition) is 2. The highest BCUT2D eigenvalue weighted by molar-refractivity contribution is 5.81. The van der Waals surface area contributed by atoms with Gasteiger partial charge in [0.2, 0.25) is 5.91 Å². The van der Waals surface area contributed by atoms with Crippen LogP contribution in [0, 0.1) is 12.8 Å². The maximum Gasteiger partial charge on any atom is 0.416 e. The van der Waals surface area contributed by atoms with Gasteiger partial charge in [-0.1, -0.05) is 42.0 Å². The van der Waals surface area contributed by atoms with Gasteiger partial charge in [-0.05, 0) is 62.8 Å². The van der Waals surface area contributed by atoms with Gasteiger partial charge in [0, 0.05) is 18.5 Å². The Hall–Kier alpha value is -2.38. The van der Waals surface area contributed by atoms with Crippen LogP contribution in [0.3, 0.4) is 0 Å². The van der Waals surface area contributed by atoms with Gasteiger partial charge in [-0.3, -0.25) is 4.79 Å². The van der Waals surface area contributed by atoms with Crippen LogP contribution in [0.1, 0.15) is 61.0 Å². The zero-order valence-corrected chi connectivity index (χ0v) is 19.0. The van der Waals surface area contributed by atoms with E-state index in [-0.39, 0.29) is 17.9 Å². The number of carbonyl (C=O) groups is 1. The molecule has 2 aromatic carbocycles. The molecule has 0 radical (unpaired) electrons. The summed E-state index contributed by atoms with van der Waals surface area (Å²) < 4.78 is 46.0. The van der Waals surface area contributed by atoms with E-state index in [2.05, 4.69) is 10.6 Å². The summed E-state index contributed by atoms with van der Waals surface area (Å²) in [5.74, 6) is 0.310. The Labute approximate surface area is 192 Å². The minimum atomic E-state index is -4.39. The van der Waals surface area contributed by atoms with Crippen molar-refractivity contribution in [3.05, 3.63) is 70.8 Å². The van der Waals surface area contributed by atoms with Crippen molar-refractivity contribution in [2.75, 3.05) is 13.2 Å². The van der Waals surface area contributed by atoms with Gasteiger partial charge in [-0.2, -0.15) is 13.2 Å². The number of piperidine rings is 1. The van der Waals surface area contributed by atoms with Crippen molar-refractivity contribution in [3.63, 3.8) is 0 Å². The summed E-state index contributed by atoms with van der Waals surface area (Å²) in [7, 11) is 0. The molecule has 0 bridgehead atoms. The molecule has 1 saturated heterocycles. The molecule has 3 atom stereocenters. The first-order chi connectivity index (χ1) is 15.7. The predicted molar refractivity (Wildman–Crippen MR) is 121 cm³/mol. The van der Waals surface area contributed by atoms with Crippen LogP contribution < -0.4 is 10.6 Å². The molecule has 0 unspecified atom stereocenters. The van der Waals surface area contributed by atoms with Crippen molar-refractivity contribution in [1.29, 1.82) is 0 Å². The Balaban J connectivity index is 1.47. The number of ether oxygens (including phenoxy) is 1. The third-order valence-corrected chi connectivity index (χ3v) is 6.70. The molecule has 2 aliphatic rings. The summed E-state index contributed by atoms with van der Waals surface area (Å²) in [5.41, 5.74) is 1.02. The average Bonchev–Trinajstić information content (AvgIpc) is 3.64. The highest BCUT2D eigenvalue weighted by Crippen LogP contribution is 2.36. The second-order valence-corrected chi connectivity index (χ2v) is 9.43. The summed E-state index contributed by atoms with van der Waals surface area (Å²) in [6.45, 7) is 4.38. The van der Waals surface area contributed by atoms with Gasteiger partial charge < -0.3 is 15.4 Å². The standard InChI is InChI=1S/C26H31F3N2O2/c1-17-12-20(14-22(13-17)26(27,28)29)18(2)33-16-25(21-6-4-3-5-7-21)11-10-23(15-30-25)31-24(32)19-8-9-19/h3-7,12-14,18-19,23,30H,8-11,15-16H2,1-2H3,(H,31,32)/t18-,23+,25-/m1/s1. The first kappa shape index (κ1) is 23.8. The highest BCUT2D eigenvalue weighted by Gasteiger charge is 2.39. The van der Waals surface area contributed by atoms with E-state index in [9.17, 15) is 18.0 Å². The molecule has 1 heterocycles. The fourth-order valence-corrected chi connectivity index (χ4v) is 4.50. The number of carbonyl (C=O) groups excluding carboxylic acids is 1. The number of amides is 1. The Morgan fingerprint density at radius 1 is 1.18 bits per heavy atom. The van der Waals surface area contributed by atoms with Crippen molar-refractivity contribution in [2.24, 2.45) is 5.92 Å². The maximum absolute atomic E-state index is 13.3. The lowest BCUT2D eigenvalue weighted by molar-refractivity contribution is -0.137. The second-order valence-electron chi connectivity index (χ2n) is 9.43. The van der Waals surface area contributed by atoms with Gasteiger partial charge in [-0.15, -0.1) is 0 Å². The molecule has 4 rings (SSSR count). The number of rotatable bonds is 7. The minimum absolute atomic E-state index is 0.0680. The molecule has 1 amide bonds. The monoisotopic (exact) mass is 460 g/mol. The van der Waals surface area contributed by atoms with E-state index in [0.29, 0.717) is 24.3 Å². The normalized spacial score (nSPS) is 24.3. The molecule has 0 spiro atoms. The van der Waals surface area contributed by atoms with Crippen LogP contribution in [0.5, 0.6) is 0 Å². The fraction of sp³-hybridized carbons (Fsp3) is 0.500. The van der Waals surface area contributed by atoms with Gasteiger partial charge in [0.1, 0.15) is 0 Å². The Bertz CT molecular complexity index is 965. The predicted octanol–water partition coefficient (Wildman–Crippen LogP) is 5.27. The molecule has 1 saturated carbocycles. The van der Waals surface area contributed by atoms with Gasteiger partial charge in [0.05, 0.1) is 23.8 Å². The van der Waals surface area contributed by atoms with Crippen LogP contribution >= 0.6 is 0 Å². The summed E-state index contributed by atoms with van der Waals surface area (Å²) in [6, 6.07) is 14.1. The molecular weight excluding hydrogens is 429 g/mol. The van der Waals surface area contributed by atoms with Crippen LogP contribution in [0.25, 0.3) is 0 Å². The van der Waals surface area contributed by atoms with E-state index < -0.39 is 23.4 Å². The van der Waals surface area contributed by atoms with E-state index in [1.165, 1.54) is 6.07 Å². The highest BCUT2D eigenvalue weighted by atomic mass is 19.4. The van der Waals surface area contributed by atoms with E-state index in [1.807, 2.05) is 30.3 Å². The number of halogens is 3. The van der Waals surface area contributed by atoms with Gasteiger partial charge >= 0.3 is 6.18 Å². The van der Waals surface area contributed by atoms with Crippen molar-refractivity contribution in [3.8, 4) is 0 Å². The molecule has 4 nitrogen and oxygen atoms in total. The second kappa shape index (κ2) is 9.47. The van der Waals surface area contributed by atoms with Crippen LogP contribution in [-0.2, 0) is 21.2 Å².